The van der Waals surface area contributed by atoms with Crippen molar-refractivity contribution < 1.29 is 41.0 Å². The van der Waals surface area contributed by atoms with E-state index in [9.17, 15) is 26.4 Å². The van der Waals surface area contributed by atoms with Crippen LogP contribution in [0.5, 0.6) is 5.88 Å². The lowest BCUT2D eigenvalue weighted by Crippen LogP contribution is -2.68. The summed E-state index contributed by atoms with van der Waals surface area (Å²) in [5, 5.41) is 7.97. The first-order chi connectivity index (χ1) is 16.9. The molecule has 0 aliphatic carbocycles. The average Bonchev–Trinajstić information content (AvgIpc) is 3.35. The number of hydrogen-bond acceptors (Lipinski definition) is 6. The smallest absolute Gasteiger partial charge is 0.477 e. The fraction of sp³-hybridized carbons (Fsp3) is 0.348. The molecule has 2 aliphatic heterocycles. The Hall–Kier alpha value is -3.61. The summed E-state index contributed by atoms with van der Waals surface area (Å²) < 4.78 is 62.3. The van der Waals surface area contributed by atoms with Crippen molar-refractivity contribution in [1.82, 2.24) is 14.9 Å². The number of para-hydroxylation sites is 1. The standard InChI is InChI=1S/C21H21N3O4S.C2HF3O2/c25-20(17-11-23-18-6-2-1-5-16(17)18)24-13-21(14-24)15(8-10-29(21,26)27)12-28-19-7-3-4-9-22-19;3-2(4,5)1(6)7/h1-7,9,11,15,23H,8,10,12-14H2;(H,6,7). The van der Waals surface area contributed by atoms with Gasteiger partial charge in [-0.05, 0) is 18.6 Å². The van der Waals surface area contributed by atoms with E-state index >= 15 is 0 Å². The van der Waals surface area contributed by atoms with E-state index in [0.29, 0.717) is 17.9 Å². The fourth-order valence-electron chi connectivity index (χ4n) is 4.49. The van der Waals surface area contributed by atoms with Crippen LogP contribution in [0.2, 0.25) is 0 Å². The van der Waals surface area contributed by atoms with Gasteiger partial charge in [-0.3, -0.25) is 4.79 Å². The van der Waals surface area contributed by atoms with Crippen molar-refractivity contribution in [1.29, 1.82) is 0 Å². The van der Waals surface area contributed by atoms with Gasteiger partial charge in [0.1, 0.15) is 4.75 Å². The number of pyridine rings is 1. The number of carbonyl (C=O) groups excluding carboxylic acids is 1. The van der Waals surface area contributed by atoms with Crippen LogP contribution in [0.15, 0.2) is 54.9 Å². The van der Waals surface area contributed by atoms with E-state index < -0.39 is 26.7 Å². The monoisotopic (exact) mass is 525 g/mol. The third kappa shape index (κ3) is 4.74. The van der Waals surface area contributed by atoms with Gasteiger partial charge in [0.25, 0.3) is 5.91 Å². The van der Waals surface area contributed by atoms with Gasteiger partial charge in [-0.25, -0.2) is 18.2 Å². The zero-order chi connectivity index (χ0) is 26.1. The number of nitrogens with one attached hydrogen (secondary N) is 1. The zero-order valence-corrected chi connectivity index (χ0v) is 19.6. The summed E-state index contributed by atoms with van der Waals surface area (Å²) in [4.78, 5) is 30.8. The molecular weight excluding hydrogens is 503 g/mol. The second-order valence-electron chi connectivity index (χ2n) is 8.56. The summed E-state index contributed by atoms with van der Waals surface area (Å²) >= 11 is 0. The van der Waals surface area contributed by atoms with Crippen molar-refractivity contribution >= 4 is 32.6 Å². The molecule has 2 aliphatic rings. The minimum Gasteiger partial charge on any atom is -0.477 e. The van der Waals surface area contributed by atoms with Crippen LogP contribution in [-0.4, -0.2) is 76.6 Å². The molecule has 3 aromatic rings. The van der Waals surface area contributed by atoms with Gasteiger partial charge in [-0.15, -0.1) is 0 Å². The molecular formula is C23H22F3N3O6S. The Morgan fingerprint density at radius 1 is 1.17 bits per heavy atom. The number of carbonyl (C=O) groups is 2. The first kappa shape index (κ1) is 25.5. The predicted molar refractivity (Wildman–Crippen MR) is 122 cm³/mol. The van der Waals surface area contributed by atoms with Crippen molar-refractivity contribution in [2.75, 3.05) is 25.4 Å². The van der Waals surface area contributed by atoms with Gasteiger partial charge < -0.3 is 19.7 Å². The number of carboxylic acids is 1. The Morgan fingerprint density at radius 2 is 1.83 bits per heavy atom. The molecule has 0 radical (unpaired) electrons. The molecule has 1 aromatic carbocycles. The molecule has 0 bridgehead atoms. The summed E-state index contributed by atoms with van der Waals surface area (Å²) in [6.45, 7) is 0.708. The molecule has 0 saturated carbocycles. The molecule has 1 amide bonds. The molecule has 192 valence electrons. The molecule has 1 atom stereocenters. The maximum absolute atomic E-state index is 13.0. The normalized spacial score (nSPS) is 19.9. The SMILES string of the molecule is O=C(O)C(F)(F)F.O=C(c1c[nH]c2ccccc12)N1CC2(C1)C(COc1ccccn1)CCS2(=O)=O. The molecule has 1 unspecified atom stereocenters. The number of hydrogen-bond donors (Lipinski definition) is 2. The van der Waals surface area contributed by atoms with Crippen LogP contribution in [0.4, 0.5) is 13.2 Å². The number of amides is 1. The highest BCUT2D eigenvalue weighted by Crippen LogP contribution is 2.45. The number of aliphatic carboxylic acids is 1. The van der Waals surface area contributed by atoms with Crippen molar-refractivity contribution in [2.45, 2.75) is 17.3 Å². The van der Waals surface area contributed by atoms with E-state index in [1.807, 2.05) is 30.3 Å². The third-order valence-corrected chi connectivity index (χ3v) is 9.04. The van der Waals surface area contributed by atoms with Crippen molar-refractivity contribution in [3.05, 3.63) is 60.4 Å². The fourth-order valence-corrected chi connectivity index (χ4v) is 6.89. The van der Waals surface area contributed by atoms with Crippen molar-refractivity contribution in [2.24, 2.45) is 5.92 Å². The van der Waals surface area contributed by atoms with Crippen LogP contribution < -0.4 is 4.74 Å². The molecule has 2 aromatic heterocycles. The number of carboxylic acid groups (broad SMARTS) is 1. The highest BCUT2D eigenvalue weighted by molar-refractivity contribution is 7.93. The van der Waals surface area contributed by atoms with Crippen LogP contribution in [0.25, 0.3) is 10.9 Å². The summed E-state index contributed by atoms with van der Waals surface area (Å²) in [7, 11) is -3.28. The molecule has 2 fully saturated rings. The van der Waals surface area contributed by atoms with E-state index in [1.165, 1.54) is 0 Å². The van der Waals surface area contributed by atoms with Gasteiger partial charge >= 0.3 is 12.1 Å². The molecule has 36 heavy (non-hydrogen) atoms. The lowest BCUT2D eigenvalue weighted by Gasteiger charge is -2.49. The summed E-state index contributed by atoms with van der Waals surface area (Å²) in [5.74, 6) is -2.43. The number of H-pyrrole nitrogens is 1. The van der Waals surface area contributed by atoms with Crippen LogP contribution in [-0.2, 0) is 14.6 Å². The second-order valence-corrected chi connectivity index (χ2v) is 11.0. The van der Waals surface area contributed by atoms with Gasteiger partial charge in [-0.1, -0.05) is 24.3 Å². The van der Waals surface area contributed by atoms with Crippen molar-refractivity contribution in [3.8, 4) is 5.88 Å². The van der Waals surface area contributed by atoms with Gasteiger partial charge in [0, 0.05) is 48.4 Å². The number of ether oxygens (including phenoxy) is 1. The number of halogens is 3. The maximum Gasteiger partial charge on any atom is 0.490 e. The maximum atomic E-state index is 13.0. The lowest BCUT2D eigenvalue weighted by atomic mass is 9.83. The number of benzene rings is 1. The van der Waals surface area contributed by atoms with E-state index in [2.05, 4.69) is 9.97 Å². The lowest BCUT2D eigenvalue weighted by molar-refractivity contribution is -0.192. The predicted octanol–water partition coefficient (Wildman–Crippen LogP) is 2.90. The van der Waals surface area contributed by atoms with Gasteiger partial charge in [0.15, 0.2) is 9.84 Å². The molecule has 4 heterocycles. The first-order valence-corrected chi connectivity index (χ1v) is 12.5. The van der Waals surface area contributed by atoms with E-state index in [0.717, 1.165) is 10.9 Å². The van der Waals surface area contributed by atoms with Crippen LogP contribution in [0, 0.1) is 5.92 Å². The minimum absolute atomic E-state index is 0.137. The van der Waals surface area contributed by atoms with Crippen molar-refractivity contribution in [3.63, 3.8) is 0 Å². The number of nitrogens with zero attached hydrogens (tertiary/aromatic N) is 2. The van der Waals surface area contributed by atoms with Gasteiger partial charge in [0.2, 0.25) is 5.88 Å². The van der Waals surface area contributed by atoms with Crippen LogP contribution >= 0.6 is 0 Å². The largest absolute Gasteiger partial charge is 0.490 e. The topological polar surface area (TPSA) is 130 Å². The zero-order valence-electron chi connectivity index (χ0n) is 18.7. The summed E-state index contributed by atoms with van der Waals surface area (Å²) in [5.41, 5.74) is 1.47. The number of sulfone groups is 1. The number of fused-ring (bicyclic) bond motifs is 1. The Balaban J connectivity index is 0.000000384. The van der Waals surface area contributed by atoms with Gasteiger partial charge in [0.05, 0.1) is 17.9 Å². The van der Waals surface area contributed by atoms with Crippen LogP contribution in [0.1, 0.15) is 16.8 Å². The second kappa shape index (κ2) is 9.45. The number of likely N-dealkylation sites (tertiary alicyclic amines) is 1. The summed E-state index contributed by atoms with van der Waals surface area (Å²) in [6, 6.07) is 13.0. The van der Waals surface area contributed by atoms with E-state index in [1.54, 1.807) is 29.4 Å². The molecule has 2 saturated heterocycles. The number of rotatable bonds is 4. The molecule has 2 N–H and O–H groups in total. The Bertz CT molecular complexity index is 1370. The average molecular weight is 526 g/mol. The van der Waals surface area contributed by atoms with E-state index in [4.69, 9.17) is 14.6 Å². The highest BCUT2D eigenvalue weighted by Gasteiger charge is 2.62. The Morgan fingerprint density at radius 3 is 2.47 bits per heavy atom. The Labute approximate surface area is 203 Å². The summed E-state index contributed by atoms with van der Waals surface area (Å²) in [6.07, 6.45) is -1.20. The Kier molecular flexibility index (Phi) is 6.69. The highest BCUT2D eigenvalue weighted by atomic mass is 32.2. The van der Waals surface area contributed by atoms with E-state index in [-0.39, 0.29) is 37.3 Å². The number of alkyl halides is 3. The number of aromatic amines is 1. The number of aromatic nitrogens is 2. The molecule has 13 heteroatoms. The molecule has 1 spiro atoms. The quantitative estimate of drug-likeness (QED) is 0.536. The minimum atomic E-state index is -5.08. The first-order valence-electron chi connectivity index (χ1n) is 10.9. The third-order valence-electron chi connectivity index (χ3n) is 6.43. The van der Waals surface area contributed by atoms with Crippen LogP contribution in [0.3, 0.4) is 0 Å². The molecule has 5 rings (SSSR count). The van der Waals surface area contributed by atoms with Gasteiger partial charge in [-0.2, -0.15) is 13.2 Å². The molecule has 9 nitrogen and oxygen atoms in total.